The van der Waals surface area contributed by atoms with Gasteiger partial charge in [0.2, 0.25) is 0 Å². The lowest BCUT2D eigenvalue weighted by atomic mass is 10.0. The van der Waals surface area contributed by atoms with E-state index in [1.54, 1.807) is 6.92 Å². The summed E-state index contributed by atoms with van der Waals surface area (Å²) in [6.07, 6.45) is 0.586. The van der Waals surface area contributed by atoms with Crippen LogP contribution in [-0.2, 0) is 4.79 Å². The third kappa shape index (κ3) is 3.37. The second-order valence-electron chi connectivity index (χ2n) is 2.20. The fourth-order valence-corrected chi connectivity index (χ4v) is 1.26. The Hall–Kier alpha value is 0.170. The Morgan fingerprint density at radius 2 is 2.20 bits per heavy atom. The number of hydrogen-bond acceptors (Lipinski definition) is 3. The fourth-order valence-electron chi connectivity index (χ4n) is 0.710. The lowest BCUT2D eigenvalue weighted by Gasteiger charge is -2.12. The first kappa shape index (κ1) is 10.2. The highest BCUT2D eigenvalue weighted by molar-refractivity contribution is 7.81. The van der Waals surface area contributed by atoms with Crippen LogP contribution in [0.4, 0.5) is 0 Å². The van der Waals surface area contributed by atoms with Gasteiger partial charge in [-0.25, -0.2) is 0 Å². The molecule has 60 valence electrons. The maximum Gasteiger partial charge on any atom is 0.307 e. The molecule has 0 bridgehead atoms. The molecule has 4 heteroatoms. The summed E-state index contributed by atoms with van der Waals surface area (Å²) in [7, 11) is 0. The van der Waals surface area contributed by atoms with Crippen molar-refractivity contribution < 1.29 is 9.90 Å². The average molecular weight is 180 g/mol. The lowest BCUT2D eigenvalue weighted by Crippen LogP contribution is -2.22. The summed E-state index contributed by atoms with van der Waals surface area (Å²) in [5.74, 6) is -0.542. The van der Waals surface area contributed by atoms with Crippen LogP contribution in [0, 0.1) is 5.92 Å². The molecule has 0 amide bonds. The van der Waals surface area contributed by atoms with Crippen molar-refractivity contribution >= 4 is 31.2 Å². The molecule has 0 rings (SSSR count). The minimum Gasteiger partial charge on any atom is -0.481 e. The highest BCUT2D eigenvalue weighted by atomic mass is 32.1. The van der Waals surface area contributed by atoms with Gasteiger partial charge in [0.25, 0.3) is 0 Å². The number of thiol groups is 2. The van der Waals surface area contributed by atoms with Crippen molar-refractivity contribution in [1.82, 2.24) is 0 Å². The topological polar surface area (TPSA) is 37.3 Å². The van der Waals surface area contributed by atoms with Crippen LogP contribution in [0.25, 0.3) is 0 Å². The van der Waals surface area contributed by atoms with Crippen molar-refractivity contribution in [2.75, 3.05) is 5.75 Å². The first-order valence-electron chi connectivity index (χ1n) is 3.11. The monoisotopic (exact) mass is 180 g/mol. The standard InChI is InChI=1S/C6H12O2S2/c1-4(10)5(2-3-9)6(7)8/h4-5,9-10H,2-3H2,1H3,(H,7,8). The van der Waals surface area contributed by atoms with E-state index in [1.165, 1.54) is 0 Å². The number of rotatable bonds is 4. The van der Waals surface area contributed by atoms with Gasteiger partial charge in [0.05, 0.1) is 5.92 Å². The highest BCUT2D eigenvalue weighted by Gasteiger charge is 2.20. The zero-order chi connectivity index (χ0) is 8.15. The van der Waals surface area contributed by atoms with Crippen molar-refractivity contribution in [2.24, 2.45) is 5.92 Å². The molecule has 2 nitrogen and oxygen atoms in total. The zero-order valence-electron chi connectivity index (χ0n) is 5.82. The maximum atomic E-state index is 10.4. The van der Waals surface area contributed by atoms with E-state index in [0.717, 1.165) is 0 Å². The molecule has 0 aromatic carbocycles. The molecule has 2 atom stereocenters. The summed E-state index contributed by atoms with van der Waals surface area (Å²) in [6, 6.07) is 0. The number of carboxylic acids is 1. The highest BCUT2D eigenvalue weighted by Crippen LogP contribution is 2.14. The van der Waals surface area contributed by atoms with E-state index in [2.05, 4.69) is 25.3 Å². The van der Waals surface area contributed by atoms with Crippen molar-refractivity contribution in [2.45, 2.75) is 18.6 Å². The predicted octanol–water partition coefficient (Wildman–Crippen LogP) is 1.33. The number of carbonyl (C=O) groups is 1. The molecule has 0 aromatic heterocycles. The van der Waals surface area contributed by atoms with E-state index in [1.807, 2.05) is 0 Å². The van der Waals surface area contributed by atoms with E-state index in [-0.39, 0.29) is 11.2 Å². The van der Waals surface area contributed by atoms with Crippen LogP contribution in [0.15, 0.2) is 0 Å². The molecular weight excluding hydrogens is 168 g/mol. The molecular formula is C6H12O2S2. The fraction of sp³-hybridized carbons (Fsp3) is 0.833. The molecule has 0 aromatic rings. The Morgan fingerprint density at radius 3 is 2.30 bits per heavy atom. The molecule has 10 heavy (non-hydrogen) atoms. The molecule has 0 aliphatic rings. The van der Waals surface area contributed by atoms with Gasteiger partial charge < -0.3 is 5.11 Å². The van der Waals surface area contributed by atoms with Crippen molar-refractivity contribution in [3.05, 3.63) is 0 Å². The summed E-state index contributed by atoms with van der Waals surface area (Å²) in [5, 5.41) is 8.50. The van der Waals surface area contributed by atoms with Gasteiger partial charge in [-0.05, 0) is 12.2 Å². The maximum absolute atomic E-state index is 10.4. The van der Waals surface area contributed by atoms with E-state index >= 15 is 0 Å². The van der Waals surface area contributed by atoms with Gasteiger partial charge >= 0.3 is 5.97 Å². The molecule has 0 radical (unpaired) electrons. The van der Waals surface area contributed by atoms with Crippen molar-refractivity contribution in [3.63, 3.8) is 0 Å². The predicted molar refractivity (Wildman–Crippen MR) is 48.0 cm³/mol. The Bertz CT molecular complexity index is 114. The van der Waals surface area contributed by atoms with Crippen molar-refractivity contribution in [3.8, 4) is 0 Å². The second-order valence-corrected chi connectivity index (χ2v) is 3.46. The van der Waals surface area contributed by atoms with Crippen LogP contribution in [0.3, 0.4) is 0 Å². The quantitative estimate of drug-likeness (QED) is 0.571. The molecule has 0 spiro atoms. The minimum atomic E-state index is -0.781. The van der Waals surface area contributed by atoms with Gasteiger partial charge in [-0.3, -0.25) is 4.79 Å². The average Bonchev–Trinajstić information content (AvgIpc) is 1.81. The number of aliphatic carboxylic acids is 1. The largest absolute Gasteiger partial charge is 0.481 e. The van der Waals surface area contributed by atoms with Gasteiger partial charge in [-0.2, -0.15) is 25.3 Å². The van der Waals surface area contributed by atoms with Crippen LogP contribution in [0.2, 0.25) is 0 Å². The Balaban J connectivity index is 3.85. The molecule has 1 N–H and O–H groups in total. The molecule has 0 heterocycles. The van der Waals surface area contributed by atoms with Gasteiger partial charge in [0.1, 0.15) is 0 Å². The van der Waals surface area contributed by atoms with Gasteiger partial charge in [0.15, 0.2) is 0 Å². The molecule has 0 saturated heterocycles. The molecule has 0 fully saturated rings. The van der Waals surface area contributed by atoms with Gasteiger partial charge in [-0.1, -0.05) is 6.92 Å². The van der Waals surface area contributed by atoms with E-state index in [4.69, 9.17) is 5.11 Å². The van der Waals surface area contributed by atoms with Crippen LogP contribution in [-0.4, -0.2) is 22.1 Å². The minimum absolute atomic E-state index is 0.0929. The molecule has 0 aliphatic heterocycles. The summed E-state index contributed by atoms with van der Waals surface area (Å²) >= 11 is 8.00. The summed E-state index contributed by atoms with van der Waals surface area (Å²) < 4.78 is 0. The summed E-state index contributed by atoms with van der Waals surface area (Å²) in [6.45, 7) is 1.78. The Morgan fingerprint density at radius 1 is 1.70 bits per heavy atom. The normalized spacial score (nSPS) is 16.3. The first-order chi connectivity index (χ1) is 4.59. The molecule has 0 saturated carbocycles. The van der Waals surface area contributed by atoms with Gasteiger partial charge in [0, 0.05) is 5.25 Å². The first-order valence-corrected chi connectivity index (χ1v) is 4.26. The lowest BCUT2D eigenvalue weighted by molar-refractivity contribution is -0.141. The van der Waals surface area contributed by atoms with E-state index in [9.17, 15) is 4.79 Å². The van der Waals surface area contributed by atoms with Crippen LogP contribution in [0.5, 0.6) is 0 Å². The summed E-state index contributed by atoms with van der Waals surface area (Å²) in [4.78, 5) is 10.4. The third-order valence-corrected chi connectivity index (χ3v) is 1.96. The zero-order valence-corrected chi connectivity index (χ0v) is 7.61. The van der Waals surface area contributed by atoms with E-state index < -0.39 is 5.97 Å². The smallest absolute Gasteiger partial charge is 0.307 e. The second kappa shape index (κ2) is 4.91. The van der Waals surface area contributed by atoms with Crippen LogP contribution >= 0.6 is 25.3 Å². The van der Waals surface area contributed by atoms with Crippen LogP contribution in [0.1, 0.15) is 13.3 Å². The van der Waals surface area contributed by atoms with Crippen LogP contribution < -0.4 is 0 Å². The molecule has 0 aliphatic carbocycles. The third-order valence-electron chi connectivity index (χ3n) is 1.34. The Labute approximate surface area is 71.8 Å². The van der Waals surface area contributed by atoms with E-state index in [0.29, 0.717) is 12.2 Å². The van der Waals surface area contributed by atoms with Crippen molar-refractivity contribution in [1.29, 1.82) is 0 Å². The molecule has 2 unspecified atom stereocenters. The number of hydrogen-bond donors (Lipinski definition) is 3. The number of carboxylic acid groups (broad SMARTS) is 1. The SMILES string of the molecule is CC(S)C(CCS)C(=O)O. The van der Waals surface area contributed by atoms with Gasteiger partial charge in [-0.15, -0.1) is 0 Å². The Kier molecular flexibility index (Phi) is 4.99. The summed E-state index contributed by atoms with van der Waals surface area (Å²) in [5.41, 5.74) is 0.